The summed E-state index contributed by atoms with van der Waals surface area (Å²) in [5, 5.41) is 0.865. The molecule has 0 aromatic carbocycles. The van der Waals surface area contributed by atoms with E-state index in [4.69, 9.17) is 13.0 Å². The highest BCUT2D eigenvalue weighted by Crippen LogP contribution is 2.24. The molecule has 1 unspecified atom stereocenters. The number of carbonyl (C=O) groups excluding carboxylic acids is 1. The summed E-state index contributed by atoms with van der Waals surface area (Å²) >= 11 is 0. The van der Waals surface area contributed by atoms with Gasteiger partial charge < -0.3 is 4.55 Å². The molecular weight excluding hydrogens is 341 g/mol. The van der Waals surface area contributed by atoms with Crippen molar-refractivity contribution in [1.29, 1.82) is 0 Å². The summed E-state index contributed by atoms with van der Waals surface area (Å²) in [6.45, 7) is 2.09. The first kappa shape index (κ1) is 21.7. The van der Waals surface area contributed by atoms with Crippen molar-refractivity contribution in [1.82, 2.24) is 0 Å². The Hall–Kier alpha value is -0.280. The summed E-state index contributed by atoms with van der Waals surface area (Å²) in [5.41, 5.74) is -5.65. The average Bonchev–Trinajstić information content (AvgIpc) is 2.38. The molecule has 0 radical (unpaired) electrons. The predicted molar refractivity (Wildman–Crippen MR) is 80.7 cm³/mol. The maximum Gasteiger partial charge on any atom is 0.485 e. The minimum absolute atomic E-state index is 0.362. The van der Waals surface area contributed by atoms with E-state index in [0.717, 1.165) is 23.8 Å². The highest BCUT2D eigenvalue weighted by atomic mass is 32.2. The molecular formula is C13H23F3O4S2. The van der Waals surface area contributed by atoms with Crippen LogP contribution in [-0.2, 0) is 25.8 Å². The molecule has 1 saturated carbocycles. The Labute approximate surface area is 132 Å². The van der Waals surface area contributed by atoms with Gasteiger partial charge in [0.25, 0.3) is 0 Å². The smallest absolute Gasteiger partial charge is 0.485 e. The number of carbonyl (C=O) groups is 1. The molecule has 1 atom stereocenters. The molecule has 1 aliphatic rings. The van der Waals surface area contributed by atoms with Crippen molar-refractivity contribution in [3.8, 4) is 0 Å². The first-order valence-corrected chi connectivity index (χ1v) is 10.4. The summed E-state index contributed by atoms with van der Waals surface area (Å²) in [5.74, 6) is 1.35. The zero-order chi connectivity index (χ0) is 17.4. The normalized spacial score (nSPS) is 18.3. The minimum atomic E-state index is -6.09. The van der Waals surface area contributed by atoms with E-state index in [1.165, 1.54) is 32.1 Å². The van der Waals surface area contributed by atoms with Crippen LogP contribution in [0, 0.1) is 0 Å². The van der Waals surface area contributed by atoms with Gasteiger partial charge in [0.1, 0.15) is 5.25 Å². The largest absolute Gasteiger partial charge is 0.741 e. The van der Waals surface area contributed by atoms with Gasteiger partial charge in [-0.3, -0.25) is 4.79 Å². The van der Waals surface area contributed by atoms with Crippen LogP contribution in [0.4, 0.5) is 13.2 Å². The lowest BCUT2D eigenvalue weighted by Crippen LogP contribution is -2.28. The van der Waals surface area contributed by atoms with E-state index < -0.39 is 15.6 Å². The lowest BCUT2D eigenvalue weighted by Gasteiger charge is -2.20. The van der Waals surface area contributed by atoms with Crippen molar-refractivity contribution in [2.75, 3.05) is 12.0 Å². The molecule has 0 N–H and O–H groups in total. The van der Waals surface area contributed by atoms with Gasteiger partial charge in [0, 0.05) is 6.42 Å². The summed E-state index contributed by atoms with van der Waals surface area (Å²) in [4.78, 5) is 11.5. The molecule has 0 aliphatic heterocycles. The van der Waals surface area contributed by atoms with Crippen molar-refractivity contribution >= 4 is 26.8 Å². The third-order valence-electron chi connectivity index (χ3n) is 3.32. The van der Waals surface area contributed by atoms with E-state index >= 15 is 0 Å². The molecule has 22 heavy (non-hydrogen) atoms. The van der Waals surface area contributed by atoms with Gasteiger partial charge in [-0.2, -0.15) is 13.2 Å². The number of halogens is 3. The van der Waals surface area contributed by atoms with E-state index in [0.29, 0.717) is 16.7 Å². The SMILES string of the molecule is CCCC(=O)C[S+](C)C1CCCCC1.O=S(=O)([O-])C(F)(F)F. The molecule has 9 heteroatoms. The molecule has 0 heterocycles. The lowest BCUT2D eigenvalue weighted by atomic mass is 10.0. The van der Waals surface area contributed by atoms with E-state index in [1.807, 2.05) is 0 Å². The van der Waals surface area contributed by atoms with Crippen molar-refractivity contribution in [3.63, 3.8) is 0 Å². The second-order valence-corrected chi connectivity index (χ2v) is 8.99. The van der Waals surface area contributed by atoms with Crippen LogP contribution in [0.25, 0.3) is 0 Å². The molecule has 0 aromatic rings. The Bertz CT molecular complexity index is 429. The highest BCUT2D eigenvalue weighted by molar-refractivity contribution is 7.97. The molecule has 0 aromatic heterocycles. The minimum Gasteiger partial charge on any atom is -0.741 e. The topological polar surface area (TPSA) is 74.3 Å². The fraction of sp³-hybridized carbons (Fsp3) is 0.923. The number of ketones is 1. The quantitative estimate of drug-likeness (QED) is 0.427. The number of Topliss-reactive ketones (excluding diaryl/α,β-unsaturated/α-hetero) is 1. The summed E-state index contributed by atoms with van der Waals surface area (Å²) in [6.07, 6.45) is 11.1. The third kappa shape index (κ3) is 8.99. The van der Waals surface area contributed by atoms with Crippen LogP contribution in [-0.4, -0.2) is 41.5 Å². The molecule has 4 nitrogen and oxygen atoms in total. The first-order valence-electron chi connectivity index (χ1n) is 7.14. The van der Waals surface area contributed by atoms with E-state index in [2.05, 4.69) is 13.2 Å². The molecule has 1 rings (SSSR count). The zero-order valence-corrected chi connectivity index (χ0v) is 14.5. The standard InChI is InChI=1S/C12H23OS.CHF3O3S/c1-3-7-11(13)10-14(2)12-8-5-4-6-9-12;2-1(3,4)8(5,6)7/h12H,3-10H2,1-2H3;(H,5,6,7)/q+1;/p-1. The number of hydrogen-bond acceptors (Lipinski definition) is 4. The van der Waals surface area contributed by atoms with Gasteiger partial charge >= 0.3 is 5.51 Å². The van der Waals surface area contributed by atoms with Gasteiger partial charge in [0.15, 0.2) is 21.7 Å². The average molecular weight is 364 g/mol. The second-order valence-electron chi connectivity index (χ2n) is 5.28. The summed E-state index contributed by atoms with van der Waals surface area (Å²) in [7, 11) is -5.73. The van der Waals surface area contributed by atoms with E-state index in [-0.39, 0.29) is 0 Å². The Morgan fingerprint density at radius 1 is 1.23 bits per heavy atom. The Morgan fingerprint density at radius 2 is 1.68 bits per heavy atom. The van der Waals surface area contributed by atoms with Crippen molar-refractivity contribution in [2.45, 2.75) is 62.6 Å². The fourth-order valence-corrected chi connectivity index (χ4v) is 4.22. The van der Waals surface area contributed by atoms with Gasteiger partial charge in [-0.05, 0) is 43.0 Å². The summed E-state index contributed by atoms with van der Waals surface area (Å²) < 4.78 is 58.9. The number of alkyl halides is 3. The third-order valence-corrected chi connectivity index (χ3v) is 6.28. The molecule has 0 bridgehead atoms. The molecule has 1 fully saturated rings. The summed E-state index contributed by atoms with van der Waals surface area (Å²) in [6, 6.07) is 0. The van der Waals surface area contributed by atoms with Crippen LogP contribution in [0.15, 0.2) is 0 Å². The molecule has 0 saturated heterocycles. The Kier molecular flexibility index (Phi) is 9.64. The predicted octanol–water partition coefficient (Wildman–Crippen LogP) is 2.99. The second kappa shape index (κ2) is 9.77. The number of hydrogen-bond donors (Lipinski definition) is 0. The molecule has 1 aliphatic carbocycles. The number of rotatable bonds is 5. The van der Waals surface area contributed by atoms with Crippen molar-refractivity contribution in [3.05, 3.63) is 0 Å². The van der Waals surface area contributed by atoms with Gasteiger partial charge in [0.05, 0.1) is 6.26 Å². The van der Waals surface area contributed by atoms with Crippen molar-refractivity contribution < 1.29 is 30.9 Å². The molecule has 132 valence electrons. The lowest BCUT2D eigenvalue weighted by molar-refractivity contribution is -0.116. The van der Waals surface area contributed by atoms with Gasteiger partial charge in [-0.1, -0.05) is 13.3 Å². The van der Waals surface area contributed by atoms with Gasteiger partial charge in [0.2, 0.25) is 0 Å². The van der Waals surface area contributed by atoms with Crippen LogP contribution in [0.5, 0.6) is 0 Å². The van der Waals surface area contributed by atoms with Crippen LogP contribution in [0.1, 0.15) is 51.9 Å². The molecule has 0 spiro atoms. The monoisotopic (exact) mass is 364 g/mol. The van der Waals surface area contributed by atoms with Gasteiger partial charge in [-0.25, -0.2) is 8.42 Å². The van der Waals surface area contributed by atoms with E-state index in [1.54, 1.807) is 0 Å². The Morgan fingerprint density at radius 3 is 2.05 bits per heavy atom. The fourth-order valence-electron chi connectivity index (χ4n) is 2.19. The first-order chi connectivity index (χ1) is 9.99. The maximum absolute atomic E-state index is 11.5. The van der Waals surface area contributed by atoms with Crippen LogP contribution in [0.3, 0.4) is 0 Å². The zero-order valence-electron chi connectivity index (χ0n) is 12.8. The van der Waals surface area contributed by atoms with Crippen molar-refractivity contribution in [2.24, 2.45) is 0 Å². The van der Waals surface area contributed by atoms with E-state index in [9.17, 15) is 18.0 Å². The molecule has 0 amide bonds. The van der Waals surface area contributed by atoms with Crippen LogP contribution < -0.4 is 0 Å². The van der Waals surface area contributed by atoms with Crippen LogP contribution in [0.2, 0.25) is 0 Å². The van der Waals surface area contributed by atoms with Crippen LogP contribution >= 0.6 is 0 Å². The highest BCUT2D eigenvalue weighted by Gasteiger charge is 2.36. The van der Waals surface area contributed by atoms with Gasteiger partial charge in [-0.15, -0.1) is 0 Å². The Balaban J connectivity index is 0.000000472. The maximum atomic E-state index is 11.5.